The first-order valence-electron chi connectivity index (χ1n) is 6.84. The Hall–Kier alpha value is -1.70. The molecule has 0 N–H and O–H groups in total. The molecule has 3 heteroatoms. The summed E-state index contributed by atoms with van der Waals surface area (Å²) in [5, 5.41) is 0. The standard InChI is InChI=1S/C18H18N2.Ir/c1-13-11-14(2)17(15(3)12-13)20-10-9-19-18(20)16-7-5-4-6-8-16;/h4-12H,1-3H3;. The van der Waals surface area contributed by atoms with E-state index in [0.29, 0.717) is 0 Å². The third kappa shape index (κ3) is 2.99. The van der Waals surface area contributed by atoms with E-state index in [-0.39, 0.29) is 20.1 Å². The van der Waals surface area contributed by atoms with Crippen molar-refractivity contribution < 1.29 is 20.1 Å². The van der Waals surface area contributed by atoms with E-state index in [1.165, 1.54) is 22.4 Å². The Kier molecular flexibility index (Phi) is 4.76. The molecule has 0 aliphatic heterocycles. The number of rotatable bonds is 2. The van der Waals surface area contributed by atoms with Crippen LogP contribution < -0.4 is 0 Å². The van der Waals surface area contributed by atoms with Gasteiger partial charge in [0, 0.05) is 38.1 Å². The van der Waals surface area contributed by atoms with Crippen LogP contribution in [0.4, 0.5) is 0 Å². The van der Waals surface area contributed by atoms with E-state index < -0.39 is 0 Å². The SMILES string of the molecule is Cc1cc(C)c(-n2ccnc2-c2ccccc2)c(C)c1.[Ir]. The Labute approximate surface area is 139 Å². The van der Waals surface area contributed by atoms with Gasteiger partial charge >= 0.3 is 0 Å². The van der Waals surface area contributed by atoms with E-state index in [2.05, 4.69) is 54.6 Å². The van der Waals surface area contributed by atoms with Gasteiger partial charge in [-0.05, 0) is 31.9 Å². The molecule has 2 nitrogen and oxygen atoms in total. The molecule has 0 bridgehead atoms. The van der Waals surface area contributed by atoms with E-state index >= 15 is 0 Å². The number of nitrogens with zero attached hydrogens (tertiary/aromatic N) is 2. The molecule has 0 atom stereocenters. The molecule has 3 aromatic rings. The van der Waals surface area contributed by atoms with Crippen LogP contribution in [0, 0.1) is 20.8 Å². The third-order valence-corrected chi connectivity index (χ3v) is 3.55. The van der Waals surface area contributed by atoms with E-state index in [0.717, 1.165) is 11.4 Å². The van der Waals surface area contributed by atoms with Crippen molar-refractivity contribution in [1.82, 2.24) is 9.55 Å². The van der Waals surface area contributed by atoms with E-state index in [9.17, 15) is 0 Å². The van der Waals surface area contributed by atoms with Gasteiger partial charge in [0.1, 0.15) is 5.82 Å². The largest absolute Gasteiger partial charge is 0.299 e. The zero-order chi connectivity index (χ0) is 14.1. The Morgan fingerprint density at radius 1 is 0.905 bits per heavy atom. The minimum atomic E-state index is 0. The second-order valence-corrected chi connectivity index (χ2v) is 5.23. The Morgan fingerprint density at radius 3 is 2.14 bits per heavy atom. The molecular weight excluding hydrogens is 436 g/mol. The van der Waals surface area contributed by atoms with Crippen molar-refractivity contribution in [2.75, 3.05) is 0 Å². The van der Waals surface area contributed by atoms with Crippen molar-refractivity contribution in [3.63, 3.8) is 0 Å². The number of imidazole rings is 1. The summed E-state index contributed by atoms with van der Waals surface area (Å²) in [6.45, 7) is 6.45. The van der Waals surface area contributed by atoms with Gasteiger partial charge in [-0.15, -0.1) is 0 Å². The predicted octanol–water partition coefficient (Wildman–Crippen LogP) is 4.46. The molecule has 21 heavy (non-hydrogen) atoms. The zero-order valence-electron chi connectivity index (χ0n) is 12.4. The van der Waals surface area contributed by atoms with Crippen LogP contribution >= 0.6 is 0 Å². The van der Waals surface area contributed by atoms with Crippen molar-refractivity contribution in [2.45, 2.75) is 20.8 Å². The molecule has 1 heterocycles. The molecule has 0 fully saturated rings. The number of aryl methyl sites for hydroxylation is 3. The summed E-state index contributed by atoms with van der Waals surface area (Å²) in [5.74, 6) is 0.987. The molecule has 1 radical (unpaired) electrons. The summed E-state index contributed by atoms with van der Waals surface area (Å²) in [6, 6.07) is 14.7. The van der Waals surface area contributed by atoms with Gasteiger partial charge in [-0.1, -0.05) is 48.0 Å². The van der Waals surface area contributed by atoms with E-state index in [4.69, 9.17) is 0 Å². The normalized spacial score (nSPS) is 10.2. The maximum Gasteiger partial charge on any atom is 0.144 e. The average Bonchev–Trinajstić information content (AvgIpc) is 2.87. The molecular formula is C18H18IrN2. The van der Waals surface area contributed by atoms with Gasteiger partial charge in [0.05, 0.1) is 5.69 Å². The van der Waals surface area contributed by atoms with E-state index in [1.54, 1.807) is 0 Å². The predicted molar refractivity (Wildman–Crippen MR) is 83.2 cm³/mol. The van der Waals surface area contributed by atoms with Gasteiger partial charge in [0.25, 0.3) is 0 Å². The number of hydrogen-bond donors (Lipinski definition) is 0. The maximum absolute atomic E-state index is 4.53. The van der Waals surface area contributed by atoms with Gasteiger partial charge in [0.2, 0.25) is 0 Å². The molecule has 2 aromatic carbocycles. The second kappa shape index (κ2) is 6.38. The Morgan fingerprint density at radius 2 is 1.52 bits per heavy atom. The quantitative estimate of drug-likeness (QED) is 0.559. The van der Waals surface area contributed by atoms with Crippen molar-refractivity contribution in [2.24, 2.45) is 0 Å². The minimum Gasteiger partial charge on any atom is -0.299 e. The first-order chi connectivity index (χ1) is 9.66. The fraction of sp³-hybridized carbons (Fsp3) is 0.167. The molecule has 3 rings (SSSR count). The van der Waals surface area contributed by atoms with Gasteiger partial charge in [-0.2, -0.15) is 0 Å². The fourth-order valence-electron chi connectivity index (χ4n) is 2.84. The number of hydrogen-bond acceptors (Lipinski definition) is 1. The third-order valence-electron chi connectivity index (χ3n) is 3.55. The molecule has 0 amide bonds. The van der Waals surface area contributed by atoms with Crippen LogP contribution in [0.2, 0.25) is 0 Å². The van der Waals surface area contributed by atoms with Crippen LogP contribution in [0.15, 0.2) is 54.9 Å². The molecule has 0 unspecified atom stereocenters. The van der Waals surface area contributed by atoms with Gasteiger partial charge in [0.15, 0.2) is 0 Å². The summed E-state index contributed by atoms with van der Waals surface area (Å²) in [5.41, 5.74) is 6.21. The minimum absolute atomic E-state index is 0. The van der Waals surface area contributed by atoms with Gasteiger partial charge in [-0.25, -0.2) is 4.98 Å². The summed E-state index contributed by atoms with van der Waals surface area (Å²) in [4.78, 5) is 4.53. The fourth-order valence-corrected chi connectivity index (χ4v) is 2.84. The van der Waals surface area contributed by atoms with Crippen molar-refractivity contribution in [3.8, 4) is 17.1 Å². The number of aromatic nitrogens is 2. The molecule has 0 saturated carbocycles. The first kappa shape index (κ1) is 15.7. The zero-order valence-corrected chi connectivity index (χ0v) is 14.8. The molecule has 0 aliphatic rings. The average molecular weight is 455 g/mol. The van der Waals surface area contributed by atoms with Gasteiger partial charge in [-0.3, -0.25) is 4.57 Å². The topological polar surface area (TPSA) is 17.8 Å². The summed E-state index contributed by atoms with van der Waals surface area (Å²) < 4.78 is 2.18. The smallest absolute Gasteiger partial charge is 0.144 e. The molecule has 0 spiro atoms. The molecule has 1 aromatic heterocycles. The van der Waals surface area contributed by atoms with Crippen LogP contribution in [0.25, 0.3) is 17.1 Å². The number of benzene rings is 2. The Bertz CT molecular complexity index is 722. The summed E-state index contributed by atoms with van der Waals surface area (Å²) in [6.07, 6.45) is 3.90. The van der Waals surface area contributed by atoms with Crippen LogP contribution in [0.1, 0.15) is 16.7 Å². The van der Waals surface area contributed by atoms with Crippen LogP contribution in [-0.2, 0) is 20.1 Å². The van der Waals surface area contributed by atoms with E-state index in [1.807, 2.05) is 30.6 Å². The Balaban J connectivity index is 0.00000161. The molecule has 0 saturated heterocycles. The summed E-state index contributed by atoms with van der Waals surface area (Å²) in [7, 11) is 0. The van der Waals surface area contributed by atoms with Crippen molar-refractivity contribution in [3.05, 3.63) is 71.5 Å². The van der Waals surface area contributed by atoms with Gasteiger partial charge < -0.3 is 0 Å². The van der Waals surface area contributed by atoms with Crippen LogP contribution in [0.3, 0.4) is 0 Å². The van der Waals surface area contributed by atoms with Crippen molar-refractivity contribution in [1.29, 1.82) is 0 Å². The molecule has 109 valence electrons. The van der Waals surface area contributed by atoms with Crippen molar-refractivity contribution >= 4 is 0 Å². The van der Waals surface area contributed by atoms with Crippen LogP contribution in [-0.4, -0.2) is 9.55 Å². The summed E-state index contributed by atoms with van der Waals surface area (Å²) >= 11 is 0. The molecule has 0 aliphatic carbocycles. The first-order valence-corrected chi connectivity index (χ1v) is 6.84. The van der Waals surface area contributed by atoms with Crippen LogP contribution in [0.5, 0.6) is 0 Å². The second-order valence-electron chi connectivity index (χ2n) is 5.23. The maximum atomic E-state index is 4.53. The monoisotopic (exact) mass is 455 g/mol.